The van der Waals surface area contributed by atoms with E-state index in [-0.39, 0.29) is 11.9 Å². The van der Waals surface area contributed by atoms with Crippen molar-refractivity contribution < 1.29 is 55.4 Å². The van der Waals surface area contributed by atoms with Gasteiger partial charge in [-0.1, -0.05) is 0 Å². The Morgan fingerprint density at radius 1 is 1.06 bits per heavy atom. The zero-order chi connectivity index (χ0) is 26.4. The number of likely N-dealkylation sites (tertiary alicyclic amines) is 2. The molecule has 194 valence electrons. The summed E-state index contributed by atoms with van der Waals surface area (Å²) in [6.45, 7) is 4.93. The summed E-state index contributed by atoms with van der Waals surface area (Å²) in [7, 11) is 3.79. The van der Waals surface area contributed by atoms with E-state index < -0.39 is 24.3 Å². The second-order valence-electron chi connectivity index (χ2n) is 7.67. The van der Waals surface area contributed by atoms with Crippen molar-refractivity contribution in [1.82, 2.24) is 15.1 Å². The molecule has 1 aromatic rings. The third-order valence-electron chi connectivity index (χ3n) is 5.23. The van der Waals surface area contributed by atoms with Crippen molar-refractivity contribution >= 4 is 17.8 Å². The number of fused-ring (bicyclic) bond motifs is 1. The van der Waals surface area contributed by atoms with E-state index in [0.29, 0.717) is 12.0 Å². The maximum absolute atomic E-state index is 11.8. The molecular formula is C19H25F6N3O6. The summed E-state index contributed by atoms with van der Waals surface area (Å²) in [4.78, 5) is 34.3. The summed E-state index contributed by atoms with van der Waals surface area (Å²) >= 11 is 0. The number of nitrogens with zero attached hydrogens (tertiary/aromatic N) is 2. The first-order chi connectivity index (χ1) is 15.5. The number of furan rings is 1. The van der Waals surface area contributed by atoms with Crippen LogP contribution in [0.4, 0.5) is 26.3 Å². The summed E-state index contributed by atoms with van der Waals surface area (Å²) in [6.07, 6.45) is -9.20. The number of hydrogen-bond acceptors (Lipinski definition) is 6. The second-order valence-corrected chi connectivity index (χ2v) is 7.67. The molecule has 0 spiro atoms. The van der Waals surface area contributed by atoms with Gasteiger partial charge in [0.25, 0.3) is 0 Å². The lowest BCUT2D eigenvalue weighted by Crippen LogP contribution is -2.44. The molecule has 0 unspecified atom stereocenters. The number of aryl methyl sites for hydroxylation is 1. The first-order valence-corrected chi connectivity index (χ1v) is 9.78. The van der Waals surface area contributed by atoms with Crippen LogP contribution in [0.2, 0.25) is 0 Å². The van der Waals surface area contributed by atoms with E-state index in [2.05, 4.69) is 28.2 Å². The highest BCUT2D eigenvalue weighted by Gasteiger charge is 2.46. The number of alkyl halides is 6. The van der Waals surface area contributed by atoms with Crippen molar-refractivity contribution in [2.24, 2.45) is 5.92 Å². The Morgan fingerprint density at radius 2 is 1.56 bits per heavy atom. The van der Waals surface area contributed by atoms with Gasteiger partial charge in [-0.3, -0.25) is 14.6 Å². The van der Waals surface area contributed by atoms with Gasteiger partial charge < -0.3 is 19.9 Å². The minimum absolute atomic E-state index is 0.0445. The van der Waals surface area contributed by atoms with Crippen molar-refractivity contribution in [3.8, 4) is 0 Å². The number of carboxylic acids is 2. The molecule has 2 fully saturated rings. The quantitative estimate of drug-likeness (QED) is 0.534. The number of aliphatic carboxylic acids is 2. The topological polar surface area (TPSA) is 123 Å². The SMILES string of the molecule is CNC(=O)[C@@H]1C[C@H]2CN(Cc3ccc(C)o3)C[C@H]2N1C.O=C(O)C(F)(F)F.O=C(O)C(F)(F)F. The van der Waals surface area contributed by atoms with Crippen molar-refractivity contribution in [3.05, 3.63) is 23.7 Å². The van der Waals surface area contributed by atoms with Crippen LogP contribution < -0.4 is 5.32 Å². The number of carbonyl (C=O) groups excluding carboxylic acids is 1. The molecule has 0 bridgehead atoms. The van der Waals surface area contributed by atoms with Crippen LogP contribution >= 0.6 is 0 Å². The summed E-state index contributed by atoms with van der Waals surface area (Å²) in [5.74, 6) is -2.77. The van der Waals surface area contributed by atoms with Gasteiger partial charge in [-0.2, -0.15) is 26.3 Å². The number of carbonyl (C=O) groups is 3. The minimum atomic E-state index is -5.08. The number of nitrogens with one attached hydrogen (secondary N) is 1. The number of hydrogen-bond donors (Lipinski definition) is 3. The fourth-order valence-electron chi connectivity index (χ4n) is 3.70. The molecular weight excluding hydrogens is 480 g/mol. The molecule has 34 heavy (non-hydrogen) atoms. The zero-order valence-corrected chi connectivity index (χ0v) is 18.4. The highest BCUT2D eigenvalue weighted by Crippen LogP contribution is 2.35. The number of likely N-dealkylation sites (N-methyl/N-ethyl adjacent to an activating group) is 2. The third kappa shape index (κ3) is 8.52. The second kappa shape index (κ2) is 11.6. The first kappa shape index (κ1) is 29.2. The Hall–Kier alpha value is -2.81. The monoisotopic (exact) mass is 505 g/mol. The summed E-state index contributed by atoms with van der Waals surface area (Å²) < 4.78 is 69.1. The predicted molar refractivity (Wildman–Crippen MR) is 104 cm³/mol. The maximum atomic E-state index is 11.8. The molecule has 3 N–H and O–H groups in total. The van der Waals surface area contributed by atoms with Gasteiger partial charge >= 0.3 is 24.3 Å². The predicted octanol–water partition coefficient (Wildman–Crippen LogP) is 2.11. The fraction of sp³-hybridized carbons (Fsp3) is 0.632. The molecule has 1 amide bonds. The molecule has 0 radical (unpaired) electrons. The Bertz CT molecular complexity index is 832. The van der Waals surface area contributed by atoms with Gasteiger partial charge in [0.15, 0.2) is 0 Å². The average Bonchev–Trinajstić information content (AvgIpc) is 3.37. The number of rotatable bonds is 3. The van der Waals surface area contributed by atoms with Crippen molar-refractivity contribution in [2.45, 2.75) is 44.3 Å². The molecule has 2 aliphatic heterocycles. The molecule has 3 atom stereocenters. The Kier molecular flexibility index (Phi) is 9.93. The smallest absolute Gasteiger partial charge is 0.475 e. The lowest BCUT2D eigenvalue weighted by molar-refractivity contribution is -0.193. The van der Waals surface area contributed by atoms with Crippen LogP contribution in [0.25, 0.3) is 0 Å². The molecule has 0 saturated carbocycles. The van der Waals surface area contributed by atoms with Gasteiger partial charge in [-0.25, -0.2) is 9.59 Å². The van der Waals surface area contributed by atoms with Gasteiger partial charge in [0, 0.05) is 26.2 Å². The molecule has 1 aromatic heterocycles. The van der Waals surface area contributed by atoms with Gasteiger partial charge in [0.05, 0.1) is 12.6 Å². The van der Waals surface area contributed by atoms with E-state index in [9.17, 15) is 31.1 Å². The molecule has 2 saturated heterocycles. The van der Waals surface area contributed by atoms with E-state index in [4.69, 9.17) is 24.2 Å². The van der Waals surface area contributed by atoms with Crippen LogP contribution in [0.1, 0.15) is 17.9 Å². The van der Waals surface area contributed by atoms with Crippen molar-refractivity contribution in [2.75, 3.05) is 27.2 Å². The first-order valence-electron chi connectivity index (χ1n) is 9.78. The standard InChI is InChI=1S/C15H23N3O2.2C2HF3O2/c1-10-4-5-12(20-10)8-18-7-11-6-13(15(19)16-2)17(3)14(11)9-18;2*3-2(4,5)1(6)7/h4-5,11,13-14H,6-9H2,1-3H3,(H,16,19);2*(H,6,7)/t11-,13-,14+;;/m0../s1. The summed E-state index contributed by atoms with van der Waals surface area (Å²) in [5.41, 5.74) is 0. The molecule has 3 heterocycles. The Morgan fingerprint density at radius 3 is 1.91 bits per heavy atom. The van der Waals surface area contributed by atoms with Crippen LogP contribution in [0.15, 0.2) is 16.5 Å². The van der Waals surface area contributed by atoms with Crippen molar-refractivity contribution in [1.29, 1.82) is 0 Å². The molecule has 0 aliphatic carbocycles. The highest BCUT2D eigenvalue weighted by atomic mass is 19.4. The van der Waals surface area contributed by atoms with E-state index in [1.165, 1.54) is 0 Å². The molecule has 3 rings (SSSR count). The Balaban J connectivity index is 0.000000343. The Labute approximate surface area is 190 Å². The highest BCUT2D eigenvalue weighted by molar-refractivity contribution is 5.81. The lowest BCUT2D eigenvalue weighted by Gasteiger charge is -2.25. The largest absolute Gasteiger partial charge is 0.490 e. The van der Waals surface area contributed by atoms with Gasteiger partial charge in [0.1, 0.15) is 11.5 Å². The van der Waals surface area contributed by atoms with Crippen LogP contribution in [0.3, 0.4) is 0 Å². The summed E-state index contributed by atoms with van der Waals surface area (Å²) in [5, 5.41) is 17.0. The van der Waals surface area contributed by atoms with Gasteiger partial charge in [-0.05, 0) is 38.4 Å². The summed E-state index contributed by atoms with van der Waals surface area (Å²) in [6, 6.07) is 4.61. The molecule has 2 aliphatic rings. The van der Waals surface area contributed by atoms with Crippen LogP contribution in [0.5, 0.6) is 0 Å². The number of carboxylic acid groups (broad SMARTS) is 2. The van der Waals surface area contributed by atoms with Gasteiger partial charge in [0.2, 0.25) is 5.91 Å². The fourth-order valence-corrected chi connectivity index (χ4v) is 3.70. The van der Waals surface area contributed by atoms with Crippen LogP contribution in [-0.2, 0) is 20.9 Å². The molecule has 9 nitrogen and oxygen atoms in total. The van der Waals surface area contributed by atoms with Crippen molar-refractivity contribution in [3.63, 3.8) is 0 Å². The molecule has 0 aromatic carbocycles. The van der Waals surface area contributed by atoms with E-state index in [1.807, 2.05) is 13.0 Å². The minimum Gasteiger partial charge on any atom is -0.475 e. The maximum Gasteiger partial charge on any atom is 0.490 e. The normalized spacial score (nSPS) is 22.7. The third-order valence-corrected chi connectivity index (χ3v) is 5.23. The molecule has 15 heteroatoms. The lowest BCUT2D eigenvalue weighted by atomic mass is 10.0. The number of halogens is 6. The zero-order valence-electron chi connectivity index (χ0n) is 18.4. The van der Waals surface area contributed by atoms with E-state index >= 15 is 0 Å². The average molecular weight is 505 g/mol. The van der Waals surface area contributed by atoms with E-state index in [0.717, 1.165) is 37.6 Å². The van der Waals surface area contributed by atoms with Crippen LogP contribution in [-0.4, -0.2) is 89.5 Å². The number of amides is 1. The van der Waals surface area contributed by atoms with Gasteiger partial charge in [-0.15, -0.1) is 0 Å². The van der Waals surface area contributed by atoms with Crippen LogP contribution in [0, 0.1) is 12.8 Å². The van der Waals surface area contributed by atoms with E-state index in [1.54, 1.807) is 7.05 Å².